The standard InChI is InChI=1S/C21H27N3O3S/c1-21(2)11-18(24-28-3)17-10-15(12-22-20(17)27-21)19(26)23-16(13-25)9-14-7-5-4-6-8-14/h4-8,10,12,16,18,24-25H,9,11,13H2,1-3H3,(H,23,26). The molecular weight excluding hydrogens is 374 g/mol. The van der Waals surface area contributed by atoms with Crippen molar-refractivity contribution in [2.45, 2.75) is 44.4 Å². The summed E-state index contributed by atoms with van der Waals surface area (Å²) in [5, 5.41) is 12.6. The highest BCUT2D eigenvalue weighted by Crippen LogP contribution is 2.39. The first-order chi connectivity index (χ1) is 13.4. The Morgan fingerprint density at radius 2 is 2.14 bits per heavy atom. The number of amides is 1. The molecule has 0 saturated heterocycles. The molecule has 1 aromatic carbocycles. The summed E-state index contributed by atoms with van der Waals surface area (Å²) in [6.45, 7) is 3.93. The molecule has 0 saturated carbocycles. The summed E-state index contributed by atoms with van der Waals surface area (Å²) in [4.78, 5) is 17.1. The third-order valence-electron chi connectivity index (χ3n) is 4.73. The number of ether oxygens (including phenoxy) is 1. The summed E-state index contributed by atoms with van der Waals surface area (Å²) < 4.78 is 9.35. The highest BCUT2D eigenvalue weighted by Gasteiger charge is 2.35. The van der Waals surface area contributed by atoms with Gasteiger partial charge in [0, 0.05) is 18.2 Å². The van der Waals surface area contributed by atoms with E-state index < -0.39 is 0 Å². The zero-order chi connectivity index (χ0) is 20.1. The third-order valence-corrected chi connectivity index (χ3v) is 5.25. The van der Waals surface area contributed by atoms with Gasteiger partial charge >= 0.3 is 0 Å². The fourth-order valence-corrected chi connectivity index (χ4v) is 3.90. The average Bonchev–Trinajstić information content (AvgIpc) is 2.67. The van der Waals surface area contributed by atoms with Gasteiger partial charge in [-0.1, -0.05) is 42.3 Å². The SMILES string of the molecule is CSNC1CC(C)(C)Oc2ncc(C(=O)NC(CO)Cc3ccccc3)cc21. The van der Waals surface area contributed by atoms with Gasteiger partial charge in [-0.3, -0.25) is 9.52 Å². The number of carbonyl (C=O) groups is 1. The lowest BCUT2D eigenvalue weighted by Crippen LogP contribution is -2.40. The van der Waals surface area contributed by atoms with Gasteiger partial charge in [-0.25, -0.2) is 4.98 Å². The number of nitrogens with one attached hydrogen (secondary N) is 2. The lowest BCUT2D eigenvalue weighted by molar-refractivity contribution is 0.0644. The second kappa shape index (κ2) is 8.94. The maximum absolute atomic E-state index is 12.8. The first-order valence-electron chi connectivity index (χ1n) is 9.35. The van der Waals surface area contributed by atoms with Crippen LogP contribution in [-0.2, 0) is 6.42 Å². The van der Waals surface area contributed by atoms with Crippen molar-refractivity contribution in [2.24, 2.45) is 0 Å². The van der Waals surface area contributed by atoms with Crippen LogP contribution in [0.3, 0.4) is 0 Å². The van der Waals surface area contributed by atoms with Crippen molar-refractivity contribution in [2.75, 3.05) is 12.9 Å². The van der Waals surface area contributed by atoms with Crippen molar-refractivity contribution in [3.8, 4) is 5.88 Å². The van der Waals surface area contributed by atoms with E-state index >= 15 is 0 Å². The molecule has 28 heavy (non-hydrogen) atoms. The molecule has 7 heteroatoms. The van der Waals surface area contributed by atoms with Crippen molar-refractivity contribution < 1.29 is 14.6 Å². The Hall–Kier alpha value is -2.09. The maximum Gasteiger partial charge on any atom is 0.253 e. The number of pyridine rings is 1. The Kier molecular flexibility index (Phi) is 6.59. The zero-order valence-corrected chi connectivity index (χ0v) is 17.3. The number of aliphatic hydroxyl groups is 1. The van der Waals surface area contributed by atoms with E-state index in [1.807, 2.05) is 56.5 Å². The predicted octanol–water partition coefficient (Wildman–Crippen LogP) is 2.88. The van der Waals surface area contributed by atoms with E-state index in [9.17, 15) is 9.90 Å². The lowest BCUT2D eigenvalue weighted by atomic mass is 9.91. The number of fused-ring (bicyclic) bond motifs is 1. The van der Waals surface area contributed by atoms with Gasteiger partial charge in [0.25, 0.3) is 5.91 Å². The fraction of sp³-hybridized carbons (Fsp3) is 0.429. The van der Waals surface area contributed by atoms with E-state index in [2.05, 4.69) is 15.0 Å². The molecule has 2 atom stereocenters. The number of rotatable bonds is 7. The Bertz CT molecular complexity index is 814. The van der Waals surface area contributed by atoms with Gasteiger partial charge in [-0.2, -0.15) is 0 Å². The third kappa shape index (κ3) is 5.04. The highest BCUT2D eigenvalue weighted by molar-refractivity contribution is 7.96. The van der Waals surface area contributed by atoms with Gasteiger partial charge in [-0.15, -0.1) is 0 Å². The summed E-state index contributed by atoms with van der Waals surface area (Å²) >= 11 is 1.54. The number of benzene rings is 1. The van der Waals surface area contributed by atoms with Crippen LogP contribution < -0.4 is 14.8 Å². The van der Waals surface area contributed by atoms with Crippen LogP contribution in [-0.4, -0.2) is 40.5 Å². The normalized spacial score (nSPS) is 18.6. The molecule has 3 rings (SSSR count). The number of hydrogen-bond acceptors (Lipinski definition) is 6. The molecule has 3 N–H and O–H groups in total. The first kappa shape index (κ1) is 20.6. The lowest BCUT2D eigenvalue weighted by Gasteiger charge is -2.36. The van der Waals surface area contributed by atoms with Crippen molar-refractivity contribution in [1.82, 2.24) is 15.0 Å². The second-order valence-corrected chi connectivity index (χ2v) is 8.25. The molecule has 1 aromatic heterocycles. The number of hydrogen-bond donors (Lipinski definition) is 3. The molecule has 0 spiro atoms. The molecule has 6 nitrogen and oxygen atoms in total. The van der Waals surface area contributed by atoms with E-state index in [0.29, 0.717) is 17.9 Å². The van der Waals surface area contributed by atoms with Crippen LogP contribution in [0.1, 0.15) is 47.8 Å². The van der Waals surface area contributed by atoms with Crippen LogP contribution in [0.5, 0.6) is 5.88 Å². The molecule has 2 heterocycles. The molecular formula is C21H27N3O3S. The number of aliphatic hydroxyl groups excluding tert-OH is 1. The fourth-order valence-electron chi connectivity index (χ4n) is 3.41. The Balaban J connectivity index is 1.76. The van der Waals surface area contributed by atoms with Crippen LogP contribution in [0, 0.1) is 0 Å². The topological polar surface area (TPSA) is 83.5 Å². The van der Waals surface area contributed by atoms with Crippen LogP contribution in [0.15, 0.2) is 42.6 Å². The van der Waals surface area contributed by atoms with E-state index in [4.69, 9.17) is 4.74 Å². The summed E-state index contributed by atoms with van der Waals surface area (Å²) in [7, 11) is 0. The molecule has 0 aliphatic carbocycles. The minimum atomic E-state index is -0.360. The molecule has 150 valence electrons. The van der Waals surface area contributed by atoms with Crippen LogP contribution in [0.25, 0.3) is 0 Å². The van der Waals surface area contributed by atoms with E-state index in [0.717, 1.165) is 17.5 Å². The molecule has 0 fully saturated rings. The van der Waals surface area contributed by atoms with Crippen LogP contribution >= 0.6 is 11.9 Å². The Morgan fingerprint density at radius 3 is 2.82 bits per heavy atom. The van der Waals surface area contributed by atoms with Crippen LogP contribution in [0.4, 0.5) is 0 Å². The van der Waals surface area contributed by atoms with Crippen molar-refractivity contribution >= 4 is 17.9 Å². The smallest absolute Gasteiger partial charge is 0.253 e. The van der Waals surface area contributed by atoms with Crippen molar-refractivity contribution in [3.63, 3.8) is 0 Å². The van der Waals surface area contributed by atoms with Crippen LogP contribution in [0.2, 0.25) is 0 Å². The monoisotopic (exact) mass is 401 g/mol. The highest BCUT2D eigenvalue weighted by atomic mass is 32.2. The molecule has 2 aromatic rings. The summed E-state index contributed by atoms with van der Waals surface area (Å²) in [5.74, 6) is 0.306. The number of aromatic nitrogens is 1. The van der Waals surface area contributed by atoms with Crippen molar-refractivity contribution in [3.05, 3.63) is 59.3 Å². The van der Waals surface area contributed by atoms with E-state index in [1.165, 1.54) is 18.1 Å². The second-order valence-electron chi connectivity index (χ2n) is 7.60. The molecule has 1 amide bonds. The Labute approximate surface area is 170 Å². The summed E-state index contributed by atoms with van der Waals surface area (Å²) in [6, 6.07) is 11.3. The van der Waals surface area contributed by atoms with Gasteiger partial charge in [0.15, 0.2) is 0 Å². The molecule has 2 unspecified atom stereocenters. The maximum atomic E-state index is 12.8. The first-order valence-corrected chi connectivity index (χ1v) is 10.6. The summed E-state index contributed by atoms with van der Waals surface area (Å²) in [6.07, 6.45) is 4.85. The van der Waals surface area contributed by atoms with Gasteiger partial charge in [-0.05, 0) is 38.2 Å². The minimum absolute atomic E-state index is 0.0481. The number of nitrogens with zero attached hydrogens (tertiary/aromatic N) is 1. The van der Waals surface area contributed by atoms with Gasteiger partial charge < -0.3 is 15.2 Å². The Morgan fingerprint density at radius 1 is 1.39 bits per heavy atom. The van der Waals surface area contributed by atoms with Gasteiger partial charge in [0.1, 0.15) is 5.60 Å². The minimum Gasteiger partial charge on any atom is -0.471 e. The average molecular weight is 402 g/mol. The number of carbonyl (C=O) groups excluding carboxylic acids is 1. The largest absolute Gasteiger partial charge is 0.471 e. The van der Waals surface area contributed by atoms with Gasteiger partial charge in [0.05, 0.1) is 24.3 Å². The van der Waals surface area contributed by atoms with E-state index in [-0.39, 0.29) is 30.2 Å². The molecule has 0 bridgehead atoms. The summed E-state index contributed by atoms with van der Waals surface area (Å²) in [5.41, 5.74) is 2.08. The quantitative estimate of drug-likeness (QED) is 0.619. The molecule has 1 aliphatic rings. The van der Waals surface area contributed by atoms with Crippen molar-refractivity contribution in [1.29, 1.82) is 0 Å². The zero-order valence-electron chi connectivity index (χ0n) is 16.4. The molecule has 0 radical (unpaired) electrons. The predicted molar refractivity (Wildman–Crippen MR) is 111 cm³/mol. The van der Waals surface area contributed by atoms with Gasteiger partial charge in [0.2, 0.25) is 5.88 Å². The van der Waals surface area contributed by atoms with E-state index in [1.54, 1.807) is 0 Å². The molecule has 1 aliphatic heterocycles.